The molecular formula is C12H12N2O4. The van der Waals surface area contributed by atoms with Crippen molar-refractivity contribution < 1.29 is 15.0 Å². The van der Waals surface area contributed by atoms with Gasteiger partial charge in [0, 0.05) is 18.8 Å². The number of aromatic amines is 1. The number of carboxylic acids is 1. The van der Waals surface area contributed by atoms with Gasteiger partial charge in [-0.15, -0.1) is 0 Å². The van der Waals surface area contributed by atoms with E-state index in [0.29, 0.717) is 0 Å². The summed E-state index contributed by atoms with van der Waals surface area (Å²) < 4.78 is 1.13. The average Bonchev–Trinajstić information content (AvgIpc) is 2.74. The maximum absolute atomic E-state index is 11.4. The summed E-state index contributed by atoms with van der Waals surface area (Å²) in [6.07, 6.45) is 2.98. The molecule has 94 valence electrons. The zero-order valence-corrected chi connectivity index (χ0v) is 9.41. The third-order valence-electron chi connectivity index (χ3n) is 2.66. The molecule has 0 bridgehead atoms. The van der Waals surface area contributed by atoms with Gasteiger partial charge in [0.1, 0.15) is 11.8 Å². The molecule has 1 aromatic heterocycles. The van der Waals surface area contributed by atoms with Gasteiger partial charge in [0.25, 0.3) is 0 Å². The number of carboxylic acid groups (broad SMARTS) is 1. The zero-order chi connectivity index (χ0) is 13.1. The predicted octanol–water partition coefficient (Wildman–Crippen LogP) is 0.750. The topological polar surface area (TPSA) is 95.3 Å². The molecule has 0 amide bonds. The van der Waals surface area contributed by atoms with E-state index in [0.717, 1.165) is 10.1 Å². The normalized spacial score (nSPS) is 12.2. The minimum absolute atomic E-state index is 0.115. The van der Waals surface area contributed by atoms with Crippen molar-refractivity contribution in [2.45, 2.75) is 12.5 Å². The van der Waals surface area contributed by atoms with Crippen LogP contribution in [0.5, 0.6) is 5.75 Å². The third-order valence-corrected chi connectivity index (χ3v) is 2.66. The second-order valence-corrected chi connectivity index (χ2v) is 3.90. The smallest absolute Gasteiger partial charge is 0.327 e. The van der Waals surface area contributed by atoms with Gasteiger partial charge < -0.3 is 15.2 Å². The molecule has 3 N–H and O–H groups in total. The Labute approximate surface area is 102 Å². The lowest BCUT2D eigenvalue weighted by molar-refractivity contribution is -0.141. The molecule has 0 saturated carbocycles. The highest BCUT2D eigenvalue weighted by atomic mass is 16.4. The highest BCUT2D eigenvalue weighted by Gasteiger charge is 2.21. The molecule has 2 aromatic rings. The lowest BCUT2D eigenvalue weighted by atomic mass is 10.1. The average molecular weight is 248 g/mol. The van der Waals surface area contributed by atoms with Crippen molar-refractivity contribution in [3.05, 3.63) is 52.7 Å². The van der Waals surface area contributed by atoms with E-state index in [-0.39, 0.29) is 12.2 Å². The monoisotopic (exact) mass is 248 g/mol. The summed E-state index contributed by atoms with van der Waals surface area (Å²) in [4.78, 5) is 25.0. The van der Waals surface area contributed by atoms with Crippen molar-refractivity contribution in [2.24, 2.45) is 0 Å². The van der Waals surface area contributed by atoms with Crippen molar-refractivity contribution in [2.75, 3.05) is 0 Å². The van der Waals surface area contributed by atoms with Crippen LogP contribution in [0.4, 0.5) is 0 Å². The molecule has 1 atom stereocenters. The maximum Gasteiger partial charge on any atom is 0.327 e. The molecule has 0 radical (unpaired) electrons. The number of aromatic hydroxyl groups is 1. The Morgan fingerprint density at radius 3 is 2.50 bits per heavy atom. The van der Waals surface area contributed by atoms with Crippen LogP contribution in [-0.4, -0.2) is 25.7 Å². The number of hydrogen-bond donors (Lipinski definition) is 3. The van der Waals surface area contributed by atoms with Gasteiger partial charge in [0.15, 0.2) is 0 Å². The molecule has 0 aliphatic rings. The Kier molecular flexibility index (Phi) is 3.18. The SMILES string of the molecule is O=C(O)C(Cc1ccc(O)cc1)n1cc[nH]c1=O. The van der Waals surface area contributed by atoms with E-state index in [1.54, 1.807) is 12.1 Å². The second kappa shape index (κ2) is 4.79. The summed E-state index contributed by atoms with van der Waals surface area (Å²) in [5, 5.41) is 18.3. The van der Waals surface area contributed by atoms with E-state index in [1.807, 2.05) is 0 Å². The number of aromatic nitrogens is 2. The Morgan fingerprint density at radius 2 is 2.00 bits per heavy atom. The van der Waals surface area contributed by atoms with Crippen LogP contribution in [0.2, 0.25) is 0 Å². The van der Waals surface area contributed by atoms with E-state index < -0.39 is 17.7 Å². The molecule has 1 aromatic carbocycles. The van der Waals surface area contributed by atoms with Gasteiger partial charge in [-0.3, -0.25) is 4.57 Å². The summed E-state index contributed by atoms with van der Waals surface area (Å²) in [5.41, 5.74) is 0.273. The molecule has 0 aliphatic heterocycles. The number of phenolic OH excluding ortho intramolecular Hbond substituents is 1. The second-order valence-electron chi connectivity index (χ2n) is 3.90. The number of H-pyrrole nitrogens is 1. The van der Waals surface area contributed by atoms with Crippen LogP contribution < -0.4 is 5.69 Å². The fraction of sp³-hybridized carbons (Fsp3) is 0.167. The lowest BCUT2D eigenvalue weighted by Crippen LogP contribution is -2.29. The minimum Gasteiger partial charge on any atom is -0.508 e. The molecule has 6 nitrogen and oxygen atoms in total. The van der Waals surface area contributed by atoms with Crippen LogP contribution in [0.3, 0.4) is 0 Å². The summed E-state index contributed by atoms with van der Waals surface area (Å²) >= 11 is 0. The van der Waals surface area contributed by atoms with E-state index >= 15 is 0 Å². The molecule has 18 heavy (non-hydrogen) atoms. The van der Waals surface area contributed by atoms with Crippen molar-refractivity contribution in [3.63, 3.8) is 0 Å². The van der Waals surface area contributed by atoms with Gasteiger partial charge in [-0.25, -0.2) is 9.59 Å². The van der Waals surface area contributed by atoms with Crippen molar-refractivity contribution in [1.29, 1.82) is 0 Å². The van der Waals surface area contributed by atoms with Crippen LogP contribution in [0.15, 0.2) is 41.5 Å². The van der Waals surface area contributed by atoms with E-state index in [2.05, 4.69) is 4.98 Å². The van der Waals surface area contributed by atoms with Gasteiger partial charge in [0.2, 0.25) is 0 Å². The van der Waals surface area contributed by atoms with E-state index in [4.69, 9.17) is 10.2 Å². The first-order chi connectivity index (χ1) is 8.58. The van der Waals surface area contributed by atoms with Crippen LogP contribution in [-0.2, 0) is 11.2 Å². The summed E-state index contributed by atoms with van der Waals surface area (Å²) in [6, 6.07) is 5.25. The Morgan fingerprint density at radius 1 is 1.33 bits per heavy atom. The third kappa shape index (κ3) is 2.42. The number of benzene rings is 1. The first-order valence-corrected chi connectivity index (χ1v) is 5.34. The fourth-order valence-corrected chi connectivity index (χ4v) is 1.74. The lowest BCUT2D eigenvalue weighted by Gasteiger charge is -2.12. The molecule has 2 rings (SSSR count). The largest absolute Gasteiger partial charge is 0.508 e. The number of aliphatic carboxylic acids is 1. The standard InChI is InChI=1S/C12H12N2O4/c15-9-3-1-8(2-4-9)7-10(11(16)17)14-6-5-13-12(14)18/h1-6,10,15H,7H2,(H,13,18)(H,16,17). The van der Waals surface area contributed by atoms with Crippen molar-refractivity contribution in [3.8, 4) is 5.75 Å². The number of phenols is 1. The van der Waals surface area contributed by atoms with E-state index in [9.17, 15) is 9.59 Å². The summed E-state index contributed by atoms with van der Waals surface area (Å²) in [6.45, 7) is 0. The number of carbonyl (C=O) groups is 1. The fourth-order valence-electron chi connectivity index (χ4n) is 1.74. The molecule has 1 unspecified atom stereocenters. The molecule has 0 aliphatic carbocycles. The summed E-state index contributed by atoms with van der Waals surface area (Å²) in [7, 11) is 0. The van der Waals surface area contributed by atoms with Crippen LogP contribution in [0.25, 0.3) is 0 Å². The van der Waals surface area contributed by atoms with Gasteiger partial charge >= 0.3 is 11.7 Å². The molecule has 1 heterocycles. The first kappa shape index (κ1) is 12.0. The molecule has 0 saturated heterocycles. The van der Waals surface area contributed by atoms with Crippen molar-refractivity contribution >= 4 is 5.97 Å². The van der Waals surface area contributed by atoms with E-state index in [1.165, 1.54) is 24.5 Å². The number of rotatable bonds is 4. The number of imidazole rings is 1. The number of hydrogen-bond acceptors (Lipinski definition) is 3. The minimum atomic E-state index is -1.08. The summed E-state index contributed by atoms with van der Waals surface area (Å²) in [5.74, 6) is -0.964. The van der Waals surface area contributed by atoms with Crippen molar-refractivity contribution in [1.82, 2.24) is 9.55 Å². The van der Waals surface area contributed by atoms with Gasteiger partial charge in [-0.1, -0.05) is 12.1 Å². The van der Waals surface area contributed by atoms with Crippen LogP contribution in [0, 0.1) is 0 Å². The quantitative estimate of drug-likeness (QED) is 0.744. The predicted molar refractivity (Wildman–Crippen MR) is 63.5 cm³/mol. The van der Waals surface area contributed by atoms with Gasteiger partial charge in [-0.05, 0) is 17.7 Å². The number of nitrogens with one attached hydrogen (secondary N) is 1. The maximum atomic E-state index is 11.4. The number of nitrogens with zero attached hydrogens (tertiary/aromatic N) is 1. The highest BCUT2D eigenvalue weighted by Crippen LogP contribution is 2.16. The molecule has 6 heteroatoms. The van der Waals surface area contributed by atoms with Gasteiger partial charge in [-0.2, -0.15) is 0 Å². The van der Waals surface area contributed by atoms with Gasteiger partial charge in [0.05, 0.1) is 0 Å². The molecule has 0 fully saturated rings. The van der Waals surface area contributed by atoms with Crippen LogP contribution in [0.1, 0.15) is 11.6 Å². The molecule has 0 spiro atoms. The molecular weight excluding hydrogens is 236 g/mol. The Bertz CT molecular complexity index is 597. The zero-order valence-electron chi connectivity index (χ0n) is 9.41. The Balaban J connectivity index is 2.28. The highest BCUT2D eigenvalue weighted by molar-refractivity contribution is 5.72. The Hall–Kier alpha value is -2.50. The first-order valence-electron chi connectivity index (χ1n) is 5.34. The van der Waals surface area contributed by atoms with Crippen LogP contribution >= 0.6 is 0 Å².